The summed E-state index contributed by atoms with van der Waals surface area (Å²) in [6.45, 7) is 0. The predicted octanol–water partition coefficient (Wildman–Crippen LogP) is 9.01. The first-order valence-corrected chi connectivity index (χ1v) is 11.5. The Labute approximate surface area is 214 Å². The zero-order valence-corrected chi connectivity index (χ0v) is 19.9. The van der Waals surface area contributed by atoms with Crippen LogP contribution < -0.4 is 0 Å². The van der Waals surface area contributed by atoms with E-state index in [1.807, 2.05) is 0 Å². The first-order chi connectivity index (χ1) is 17.3. The highest BCUT2D eigenvalue weighted by Gasteiger charge is 2.26. The molecule has 0 saturated heterocycles. The van der Waals surface area contributed by atoms with Crippen LogP contribution in [-0.4, -0.2) is 10.2 Å². The highest BCUT2D eigenvalue weighted by molar-refractivity contribution is 6.31. The maximum absolute atomic E-state index is 13.5. The molecule has 0 fully saturated rings. The van der Waals surface area contributed by atoms with Gasteiger partial charge in [-0.15, -0.1) is 0 Å². The Morgan fingerprint density at radius 1 is 0.556 bits per heavy atom. The summed E-state index contributed by atoms with van der Waals surface area (Å²) in [5, 5.41) is 37.8. The molecule has 10 heteroatoms. The molecule has 0 bridgehead atoms. The number of rotatable bonds is 4. The third-order valence-corrected chi connectivity index (χ3v) is 6.40. The second kappa shape index (κ2) is 9.64. The summed E-state index contributed by atoms with van der Waals surface area (Å²) in [5.74, 6) is -0.990. The van der Waals surface area contributed by atoms with Crippen LogP contribution in [0.4, 0.5) is 31.5 Å². The average molecular weight is 525 g/mol. The van der Waals surface area contributed by atoms with E-state index < -0.39 is 11.6 Å². The van der Waals surface area contributed by atoms with E-state index in [4.69, 9.17) is 23.2 Å². The summed E-state index contributed by atoms with van der Waals surface area (Å²) in [6.07, 6.45) is 0.518. The highest BCUT2D eigenvalue weighted by atomic mass is 35.5. The van der Waals surface area contributed by atoms with Crippen LogP contribution in [0, 0.1) is 11.6 Å². The number of hydrogen-bond acceptors (Lipinski definition) is 6. The molecule has 6 nitrogen and oxygen atoms in total. The Hall–Kier alpha value is -3.88. The number of phenols is 2. The number of benzene rings is 4. The summed E-state index contributed by atoms with van der Waals surface area (Å²) in [4.78, 5) is 0. The summed E-state index contributed by atoms with van der Waals surface area (Å²) < 4.78 is 26.9. The molecule has 2 N–H and O–H groups in total. The van der Waals surface area contributed by atoms with E-state index in [1.54, 1.807) is 12.1 Å². The van der Waals surface area contributed by atoms with Crippen molar-refractivity contribution in [2.45, 2.75) is 12.8 Å². The minimum absolute atomic E-state index is 0.0619. The Morgan fingerprint density at radius 3 is 1.39 bits per heavy atom. The molecular formula is C26H16Cl2F2N4O2. The van der Waals surface area contributed by atoms with Crippen molar-refractivity contribution in [3.05, 3.63) is 105 Å². The van der Waals surface area contributed by atoms with Gasteiger partial charge in [-0.25, -0.2) is 8.78 Å². The highest BCUT2D eigenvalue weighted by Crippen LogP contribution is 2.44. The number of phenolic OH excluding ortho intramolecular Hbond substituents is 2. The largest absolute Gasteiger partial charge is 0.508 e. The molecule has 0 spiro atoms. The van der Waals surface area contributed by atoms with Gasteiger partial charge < -0.3 is 10.2 Å². The fourth-order valence-corrected chi connectivity index (χ4v) is 4.33. The maximum Gasteiger partial charge on any atom is 0.141 e. The molecule has 0 atom stereocenters. The molecular weight excluding hydrogens is 509 g/mol. The lowest BCUT2D eigenvalue weighted by molar-refractivity contribution is 0.460. The molecule has 0 unspecified atom stereocenters. The van der Waals surface area contributed by atoms with Gasteiger partial charge in [0.25, 0.3) is 0 Å². The van der Waals surface area contributed by atoms with Crippen LogP contribution in [-0.2, 0) is 12.8 Å². The molecule has 180 valence electrons. The normalized spacial score (nSPS) is 12.8. The first-order valence-electron chi connectivity index (χ1n) is 10.7. The van der Waals surface area contributed by atoms with Gasteiger partial charge in [0, 0.05) is 24.0 Å². The van der Waals surface area contributed by atoms with Gasteiger partial charge in [0.1, 0.15) is 23.1 Å². The molecule has 0 aromatic heterocycles. The van der Waals surface area contributed by atoms with Crippen LogP contribution in [0.5, 0.6) is 11.5 Å². The molecule has 0 aliphatic heterocycles. The van der Waals surface area contributed by atoms with Gasteiger partial charge in [-0.1, -0.05) is 23.2 Å². The van der Waals surface area contributed by atoms with E-state index in [2.05, 4.69) is 20.5 Å². The van der Waals surface area contributed by atoms with Crippen LogP contribution >= 0.6 is 23.2 Å². The molecule has 0 radical (unpaired) electrons. The standard InChI is InChI=1S/C26H16Cl2F2N4O2/c27-19-9-13(1-3-21(19)29)31-33-23-5-7-25(35)17-12-18-16(11-15(17)23)24(6-8-26(18)36)34-32-14-2-4-22(30)20(28)10-14/h1-10,35-36H,11-12H2. The number of fused-ring (bicyclic) bond motifs is 2. The number of aromatic hydroxyl groups is 2. The number of halogens is 4. The van der Waals surface area contributed by atoms with E-state index in [0.717, 1.165) is 0 Å². The lowest BCUT2D eigenvalue weighted by atomic mass is 9.83. The fourth-order valence-electron chi connectivity index (χ4n) is 3.98. The van der Waals surface area contributed by atoms with Gasteiger partial charge in [0.05, 0.1) is 32.8 Å². The quantitative estimate of drug-likeness (QED) is 0.229. The lowest BCUT2D eigenvalue weighted by Gasteiger charge is -2.23. The molecule has 4 aromatic carbocycles. The van der Waals surface area contributed by atoms with Crippen molar-refractivity contribution < 1.29 is 19.0 Å². The van der Waals surface area contributed by atoms with Crippen LogP contribution in [0.25, 0.3) is 0 Å². The Balaban J connectivity index is 1.53. The third-order valence-electron chi connectivity index (χ3n) is 5.82. The summed E-state index contributed by atoms with van der Waals surface area (Å²) in [5.41, 5.74) is 4.32. The van der Waals surface area contributed by atoms with Gasteiger partial charge >= 0.3 is 0 Å². The van der Waals surface area contributed by atoms with Gasteiger partial charge in [-0.3, -0.25) is 0 Å². The van der Waals surface area contributed by atoms with Gasteiger partial charge in [-0.2, -0.15) is 20.5 Å². The molecule has 0 saturated carbocycles. The van der Waals surface area contributed by atoms with Crippen molar-refractivity contribution in [1.29, 1.82) is 0 Å². The molecule has 4 aromatic rings. The zero-order chi connectivity index (χ0) is 25.4. The van der Waals surface area contributed by atoms with Crippen LogP contribution in [0.15, 0.2) is 81.1 Å². The van der Waals surface area contributed by atoms with Crippen molar-refractivity contribution in [3.63, 3.8) is 0 Å². The topological polar surface area (TPSA) is 89.9 Å². The van der Waals surface area contributed by atoms with Gasteiger partial charge in [0.2, 0.25) is 0 Å². The minimum atomic E-state index is -0.557. The second-order valence-corrected chi connectivity index (χ2v) is 8.89. The van der Waals surface area contributed by atoms with Crippen molar-refractivity contribution in [2.75, 3.05) is 0 Å². The van der Waals surface area contributed by atoms with E-state index in [1.165, 1.54) is 48.5 Å². The minimum Gasteiger partial charge on any atom is -0.508 e. The SMILES string of the molecule is Oc1ccc(N=Nc2ccc(F)c(Cl)c2)c2c1Cc1c(O)ccc(N=Nc3ccc(F)c(Cl)c3)c1C2. The van der Waals surface area contributed by atoms with E-state index in [9.17, 15) is 19.0 Å². The lowest BCUT2D eigenvalue weighted by Crippen LogP contribution is -2.08. The van der Waals surface area contributed by atoms with E-state index in [0.29, 0.717) is 45.0 Å². The second-order valence-electron chi connectivity index (χ2n) is 8.07. The Morgan fingerprint density at radius 2 is 0.972 bits per heavy atom. The molecule has 1 aliphatic rings. The van der Waals surface area contributed by atoms with Crippen molar-refractivity contribution in [1.82, 2.24) is 0 Å². The Kier molecular flexibility index (Phi) is 6.38. The molecule has 0 amide bonds. The van der Waals surface area contributed by atoms with E-state index in [-0.39, 0.29) is 34.4 Å². The van der Waals surface area contributed by atoms with Crippen LogP contribution in [0.3, 0.4) is 0 Å². The predicted molar refractivity (Wildman–Crippen MR) is 133 cm³/mol. The summed E-state index contributed by atoms with van der Waals surface area (Å²) in [6, 6.07) is 14.3. The average Bonchev–Trinajstić information content (AvgIpc) is 2.87. The van der Waals surface area contributed by atoms with Crippen LogP contribution in [0.2, 0.25) is 10.0 Å². The maximum atomic E-state index is 13.5. The van der Waals surface area contributed by atoms with Gasteiger partial charge in [0.15, 0.2) is 0 Å². The van der Waals surface area contributed by atoms with Crippen LogP contribution in [0.1, 0.15) is 22.3 Å². The number of hydrogen-bond donors (Lipinski definition) is 2. The fraction of sp³-hybridized carbons (Fsp3) is 0.0769. The monoisotopic (exact) mass is 524 g/mol. The molecule has 36 heavy (non-hydrogen) atoms. The summed E-state index contributed by atoms with van der Waals surface area (Å²) >= 11 is 11.7. The Bertz CT molecular complexity index is 1460. The zero-order valence-electron chi connectivity index (χ0n) is 18.4. The molecule has 1 aliphatic carbocycles. The smallest absolute Gasteiger partial charge is 0.141 e. The third kappa shape index (κ3) is 4.65. The molecule has 0 heterocycles. The van der Waals surface area contributed by atoms with Crippen molar-refractivity contribution in [3.8, 4) is 11.5 Å². The number of nitrogens with zero attached hydrogens (tertiary/aromatic N) is 4. The molecule has 5 rings (SSSR count). The van der Waals surface area contributed by atoms with Crippen molar-refractivity contribution >= 4 is 46.0 Å². The number of azo groups is 2. The first kappa shape index (κ1) is 23.8. The van der Waals surface area contributed by atoms with Gasteiger partial charge in [-0.05, 0) is 71.8 Å². The summed E-state index contributed by atoms with van der Waals surface area (Å²) in [7, 11) is 0. The van der Waals surface area contributed by atoms with Crippen molar-refractivity contribution in [2.24, 2.45) is 20.5 Å². The van der Waals surface area contributed by atoms with E-state index >= 15 is 0 Å².